The van der Waals surface area contributed by atoms with Gasteiger partial charge in [0.25, 0.3) is 5.78 Å². The van der Waals surface area contributed by atoms with Gasteiger partial charge in [-0.2, -0.15) is 0 Å². The second-order valence-corrected chi connectivity index (χ2v) is 10.6. The third-order valence-corrected chi connectivity index (χ3v) is 6.74. The van der Waals surface area contributed by atoms with Gasteiger partial charge < -0.3 is 5.11 Å². The second-order valence-electron chi connectivity index (χ2n) is 9.46. The molecule has 0 radical (unpaired) electrons. The predicted octanol–water partition coefficient (Wildman–Crippen LogP) is 5.39. The van der Waals surface area contributed by atoms with E-state index in [0.29, 0.717) is 15.7 Å². The van der Waals surface area contributed by atoms with Gasteiger partial charge in [-0.1, -0.05) is 74.1 Å². The Bertz CT molecular complexity index is 1280. The third-order valence-electron chi connectivity index (χ3n) is 5.91. The molecule has 1 amide bonds. The Morgan fingerprint density at radius 1 is 1.00 bits per heavy atom. The van der Waals surface area contributed by atoms with E-state index in [-0.39, 0.29) is 16.7 Å². The number of aliphatic hydroxyl groups is 1. The molecule has 2 aromatic carbocycles. The summed E-state index contributed by atoms with van der Waals surface area (Å²) in [6, 6.07) is 12.7. The van der Waals surface area contributed by atoms with Crippen molar-refractivity contribution in [3.63, 3.8) is 0 Å². The van der Waals surface area contributed by atoms with Crippen molar-refractivity contribution in [3.05, 3.63) is 80.9 Å². The molecule has 1 aromatic heterocycles. The van der Waals surface area contributed by atoms with Crippen LogP contribution in [0.1, 0.15) is 59.6 Å². The van der Waals surface area contributed by atoms with Crippen molar-refractivity contribution >= 4 is 33.9 Å². The standard InChI is InChI=1S/C26H27N3O3S/c1-14-7-8-15(2)19(13-14)22(30)20-21(17-9-11-18(12-10-17)26(4,5)6)29(24(32)23(20)31)25-28-27-16(3)33-25/h7-13,21,30H,1-6H3/t21-/m1/s1. The molecule has 33 heavy (non-hydrogen) atoms. The van der Waals surface area contributed by atoms with Crippen LogP contribution in [0.4, 0.5) is 5.13 Å². The Labute approximate surface area is 197 Å². The molecule has 2 heterocycles. The van der Waals surface area contributed by atoms with Crippen molar-refractivity contribution in [2.75, 3.05) is 4.90 Å². The van der Waals surface area contributed by atoms with Crippen LogP contribution in [0.15, 0.2) is 48.0 Å². The van der Waals surface area contributed by atoms with Gasteiger partial charge in [-0.15, -0.1) is 10.2 Å². The molecule has 0 spiro atoms. The number of amides is 1. The quantitative estimate of drug-likeness (QED) is 0.321. The van der Waals surface area contributed by atoms with Gasteiger partial charge in [0.05, 0.1) is 11.6 Å². The smallest absolute Gasteiger partial charge is 0.301 e. The topological polar surface area (TPSA) is 83.4 Å². The lowest BCUT2D eigenvalue weighted by Gasteiger charge is -2.24. The third kappa shape index (κ3) is 4.09. The molecule has 0 aliphatic carbocycles. The van der Waals surface area contributed by atoms with E-state index in [0.717, 1.165) is 22.3 Å². The highest BCUT2D eigenvalue weighted by molar-refractivity contribution is 7.15. The molecule has 1 aliphatic heterocycles. The Balaban J connectivity index is 1.95. The second kappa shape index (κ2) is 8.23. The van der Waals surface area contributed by atoms with Crippen LogP contribution in [0.5, 0.6) is 0 Å². The van der Waals surface area contributed by atoms with Crippen LogP contribution in [-0.4, -0.2) is 27.0 Å². The Morgan fingerprint density at radius 3 is 2.24 bits per heavy atom. The molecule has 1 fully saturated rings. The summed E-state index contributed by atoms with van der Waals surface area (Å²) in [5.41, 5.74) is 4.17. The molecule has 170 valence electrons. The fraction of sp³-hybridized carbons (Fsp3) is 0.308. The molecular formula is C26H27N3O3S. The minimum Gasteiger partial charge on any atom is -0.507 e. The zero-order valence-corrected chi connectivity index (χ0v) is 20.4. The SMILES string of the molecule is Cc1ccc(C)c(C(O)=C2C(=O)C(=O)N(c3nnc(C)s3)[C@@H]2c2ccc(C(C)(C)C)cc2)c1. The van der Waals surface area contributed by atoms with Gasteiger partial charge in [0.1, 0.15) is 10.8 Å². The maximum Gasteiger partial charge on any atom is 0.301 e. The summed E-state index contributed by atoms with van der Waals surface area (Å²) in [7, 11) is 0. The lowest BCUT2D eigenvalue weighted by Crippen LogP contribution is -2.29. The van der Waals surface area contributed by atoms with Crippen molar-refractivity contribution < 1.29 is 14.7 Å². The van der Waals surface area contributed by atoms with Crippen LogP contribution in [0, 0.1) is 20.8 Å². The molecular weight excluding hydrogens is 434 g/mol. The van der Waals surface area contributed by atoms with Gasteiger partial charge in [0.2, 0.25) is 5.13 Å². The highest BCUT2D eigenvalue weighted by atomic mass is 32.1. The largest absolute Gasteiger partial charge is 0.507 e. The lowest BCUT2D eigenvalue weighted by molar-refractivity contribution is -0.132. The monoisotopic (exact) mass is 461 g/mol. The van der Waals surface area contributed by atoms with Crippen molar-refractivity contribution in [2.45, 2.75) is 53.0 Å². The average molecular weight is 462 g/mol. The highest BCUT2D eigenvalue weighted by Crippen LogP contribution is 2.43. The Morgan fingerprint density at radius 2 is 1.67 bits per heavy atom. The van der Waals surface area contributed by atoms with Crippen LogP contribution in [-0.2, 0) is 15.0 Å². The molecule has 1 N–H and O–H groups in total. The van der Waals surface area contributed by atoms with Crippen molar-refractivity contribution in [2.24, 2.45) is 0 Å². The summed E-state index contributed by atoms with van der Waals surface area (Å²) < 4.78 is 0. The zero-order valence-electron chi connectivity index (χ0n) is 19.6. The summed E-state index contributed by atoms with van der Waals surface area (Å²) in [5, 5.41) is 20.5. The number of nitrogens with zero attached hydrogens (tertiary/aromatic N) is 3. The minimum absolute atomic E-state index is 0.0463. The molecule has 7 heteroatoms. The molecule has 1 atom stereocenters. The van der Waals surface area contributed by atoms with E-state index in [1.807, 2.05) is 56.3 Å². The predicted molar refractivity (Wildman–Crippen MR) is 130 cm³/mol. The van der Waals surface area contributed by atoms with Gasteiger partial charge in [-0.3, -0.25) is 14.5 Å². The van der Waals surface area contributed by atoms with E-state index in [4.69, 9.17) is 0 Å². The van der Waals surface area contributed by atoms with Crippen LogP contribution in [0.25, 0.3) is 5.76 Å². The maximum absolute atomic E-state index is 13.3. The van der Waals surface area contributed by atoms with E-state index in [9.17, 15) is 14.7 Å². The molecule has 0 bridgehead atoms. The number of aromatic nitrogens is 2. The fourth-order valence-electron chi connectivity index (χ4n) is 4.03. The summed E-state index contributed by atoms with van der Waals surface area (Å²) in [5.74, 6) is -1.63. The van der Waals surface area contributed by atoms with Crippen molar-refractivity contribution in [1.29, 1.82) is 0 Å². The molecule has 4 rings (SSSR count). The van der Waals surface area contributed by atoms with Gasteiger partial charge in [0.15, 0.2) is 0 Å². The molecule has 1 saturated heterocycles. The normalized spacial score (nSPS) is 18.2. The van der Waals surface area contributed by atoms with E-state index in [1.54, 1.807) is 6.92 Å². The van der Waals surface area contributed by atoms with Crippen LogP contribution in [0.3, 0.4) is 0 Å². The first kappa shape index (κ1) is 22.9. The number of anilines is 1. The number of benzene rings is 2. The number of carbonyl (C=O) groups is 2. The molecule has 0 saturated carbocycles. The van der Waals surface area contributed by atoms with E-state index in [1.165, 1.54) is 16.2 Å². The van der Waals surface area contributed by atoms with E-state index < -0.39 is 17.7 Å². The summed E-state index contributed by atoms with van der Waals surface area (Å²) in [6.45, 7) is 11.9. The zero-order chi connectivity index (χ0) is 24.1. The van der Waals surface area contributed by atoms with Crippen LogP contribution in [0.2, 0.25) is 0 Å². The maximum atomic E-state index is 13.3. The number of carbonyl (C=O) groups excluding carboxylic acids is 2. The molecule has 6 nitrogen and oxygen atoms in total. The van der Waals surface area contributed by atoms with Gasteiger partial charge in [-0.05, 0) is 48.9 Å². The number of rotatable bonds is 3. The number of hydrogen-bond acceptors (Lipinski definition) is 6. The van der Waals surface area contributed by atoms with Crippen LogP contribution < -0.4 is 4.90 Å². The van der Waals surface area contributed by atoms with Gasteiger partial charge >= 0.3 is 5.91 Å². The number of ketones is 1. The summed E-state index contributed by atoms with van der Waals surface area (Å²) >= 11 is 1.24. The summed E-state index contributed by atoms with van der Waals surface area (Å²) in [4.78, 5) is 27.8. The van der Waals surface area contributed by atoms with Crippen molar-refractivity contribution in [1.82, 2.24) is 10.2 Å². The van der Waals surface area contributed by atoms with Crippen LogP contribution >= 0.6 is 11.3 Å². The first-order valence-corrected chi connectivity index (χ1v) is 11.6. The number of Topliss-reactive ketones (excluding diaryl/α,β-unsaturated/α-hetero) is 1. The number of aliphatic hydroxyl groups excluding tert-OH is 1. The minimum atomic E-state index is -0.800. The number of aryl methyl sites for hydroxylation is 3. The van der Waals surface area contributed by atoms with Crippen molar-refractivity contribution in [3.8, 4) is 0 Å². The summed E-state index contributed by atoms with van der Waals surface area (Å²) in [6.07, 6.45) is 0. The Kier molecular flexibility index (Phi) is 5.70. The molecule has 1 aliphatic rings. The van der Waals surface area contributed by atoms with E-state index in [2.05, 4.69) is 31.0 Å². The van der Waals surface area contributed by atoms with E-state index >= 15 is 0 Å². The first-order chi connectivity index (χ1) is 15.5. The fourth-order valence-corrected chi connectivity index (χ4v) is 4.74. The lowest BCUT2D eigenvalue weighted by atomic mass is 9.85. The first-order valence-electron chi connectivity index (χ1n) is 10.8. The number of hydrogen-bond donors (Lipinski definition) is 1. The molecule has 0 unspecified atom stereocenters. The Hall–Kier alpha value is -3.32. The highest BCUT2D eigenvalue weighted by Gasteiger charge is 2.48. The average Bonchev–Trinajstić information content (AvgIpc) is 3.29. The van der Waals surface area contributed by atoms with Gasteiger partial charge in [-0.25, -0.2) is 0 Å². The van der Waals surface area contributed by atoms with Gasteiger partial charge in [0, 0.05) is 5.56 Å². The molecule has 3 aromatic rings.